The third-order valence-corrected chi connectivity index (χ3v) is 5.62. The molecule has 39 heavy (non-hydrogen) atoms. The van der Waals surface area contributed by atoms with Gasteiger partial charge >= 0.3 is 5.97 Å². The standard InChI is InChI=1S/C30H38O9/c1-7-12-36-22-19-24(23(9-3)26(20-22)37-13-8-2)28(30(32)35-6)29(31)21-10-11-25(38-16-14-33-4)27(18-21)39-17-15-34-5/h7-8,10-11,18-20,28H,1-2,9,12-17H2,3-6H3. The Morgan fingerprint density at radius 3 is 2.03 bits per heavy atom. The van der Waals surface area contributed by atoms with E-state index < -0.39 is 17.7 Å². The number of ether oxygens (including phenoxy) is 7. The predicted molar refractivity (Wildman–Crippen MR) is 147 cm³/mol. The van der Waals surface area contributed by atoms with Gasteiger partial charge < -0.3 is 33.2 Å². The fraction of sp³-hybridized carbons (Fsp3) is 0.400. The van der Waals surface area contributed by atoms with Crippen molar-refractivity contribution in [3.05, 3.63) is 72.3 Å². The predicted octanol–water partition coefficient (Wildman–Crippen LogP) is 4.57. The second kappa shape index (κ2) is 16.9. The van der Waals surface area contributed by atoms with Crippen LogP contribution in [0.2, 0.25) is 0 Å². The molecule has 0 spiro atoms. The third kappa shape index (κ3) is 8.87. The largest absolute Gasteiger partial charge is 0.489 e. The van der Waals surface area contributed by atoms with Crippen LogP contribution in [-0.4, -0.2) is 72.7 Å². The number of benzene rings is 2. The average molecular weight is 543 g/mol. The van der Waals surface area contributed by atoms with E-state index in [2.05, 4.69) is 13.2 Å². The molecule has 212 valence electrons. The number of ketones is 1. The van der Waals surface area contributed by atoms with Gasteiger partial charge in [-0.05, 0) is 41.8 Å². The first-order valence-electron chi connectivity index (χ1n) is 12.6. The molecule has 2 aromatic rings. The Hall–Kier alpha value is -3.82. The van der Waals surface area contributed by atoms with Crippen LogP contribution in [0.1, 0.15) is 34.3 Å². The van der Waals surface area contributed by atoms with Crippen LogP contribution in [0.4, 0.5) is 0 Å². The maximum absolute atomic E-state index is 14.0. The van der Waals surface area contributed by atoms with E-state index in [9.17, 15) is 9.59 Å². The minimum atomic E-state index is -1.28. The van der Waals surface area contributed by atoms with Gasteiger partial charge in [0, 0.05) is 25.8 Å². The molecule has 1 atom stereocenters. The van der Waals surface area contributed by atoms with Gasteiger partial charge in [0.2, 0.25) is 0 Å². The van der Waals surface area contributed by atoms with Crippen molar-refractivity contribution >= 4 is 11.8 Å². The van der Waals surface area contributed by atoms with Gasteiger partial charge in [-0.15, -0.1) is 0 Å². The Morgan fingerprint density at radius 2 is 1.44 bits per heavy atom. The highest BCUT2D eigenvalue weighted by molar-refractivity contribution is 6.13. The van der Waals surface area contributed by atoms with Crippen molar-refractivity contribution in [2.24, 2.45) is 0 Å². The van der Waals surface area contributed by atoms with Crippen LogP contribution in [0, 0.1) is 0 Å². The summed E-state index contributed by atoms with van der Waals surface area (Å²) in [6, 6.07) is 8.16. The Labute approximate surface area is 230 Å². The number of carbonyl (C=O) groups is 2. The molecular weight excluding hydrogens is 504 g/mol. The lowest BCUT2D eigenvalue weighted by Gasteiger charge is -2.22. The second-order valence-electron chi connectivity index (χ2n) is 8.21. The van der Waals surface area contributed by atoms with Gasteiger partial charge in [-0.3, -0.25) is 9.59 Å². The van der Waals surface area contributed by atoms with Crippen LogP contribution >= 0.6 is 0 Å². The molecule has 9 heteroatoms. The highest BCUT2D eigenvalue weighted by Gasteiger charge is 2.34. The van der Waals surface area contributed by atoms with E-state index in [4.69, 9.17) is 33.2 Å². The zero-order valence-electron chi connectivity index (χ0n) is 23.2. The van der Waals surface area contributed by atoms with Gasteiger partial charge in [-0.2, -0.15) is 0 Å². The Balaban J connectivity index is 2.61. The first-order chi connectivity index (χ1) is 18.9. The Kier molecular flexibility index (Phi) is 13.6. The normalized spacial score (nSPS) is 11.3. The Morgan fingerprint density at radius 1 is 0.795 bits per heavy atom. The summed E-state index contributed by atoms with van der Waals surface area (Å²) in [4.78, 5) is 27.1. The molecule has 0 saturated heterocycles. The van der Waals surface area contributed by atoms with Crippen LogP contribution in [0.3, 0.4) is 0 Å². The number of esters is 1. The zero-order chi connectivity index (χ0) is 28.6. The van der Waals surface area contributed by atoms with Crippen LogP contribution in [0.15, 0.2) is 55.6 Å². The van der Waals surface area contributed by atoms with E-state index in [1.54, 1.807) is 56.7 Å². The number of hydrogen-bond acceptors (Lipinski definition) is 9. The number of hydrogen-bond donors (Lipinski definition) is 0. The molecule has 9 nitrogen and oxygen atoms in total. The smallest absolute Gasteiger partial charge is 0.321 e. The first kappa shape index (κ1) is 31.4. The molecule has 0 heterocycles. The maximum Gasteiger partial charge on any atom is 0.321 e. The lowest BCUT2D eigenvalue weighted by atomic mass is 9.86. The van der Waals surface area contributed by atoms with Crippen molar-refractivity contribution in [1.82, 2.24) is 0 Å². The van der Waals surface area contributed by atoms with Gasteiger partial charge in [0.05, 0.1) is 20.3 Å². The molecule has 0 saturated carbocycles. The SMILES string of the molecule is C=CCOc1cc(OCC=C)c(CC)c(C(C(=O)OC)C(=O)c2ccc(OCCOC)c(OCCOC)c2)c1. The van der Waals surface area contributed by atoms with Crippen molar-refractivity contribution in [2.75, 3.05) is 61.0 Å². The van der Waals surface area contributed by atoms with Gasteiger partial charge in [-0.25, -0.2) is 0 Å². The summed E-state index contributed by atoms with van der Waals surface area (Å²) in [5, 5.41) is 0. The molecule has 1 unspecified atom stereocenters. The lowest BCUT2D eigenvalue weighted by molar-refractivity contribution is -0.141. The molecule has 2 aromatic carbocycles. The fourth-order valence-electron chi connectivity index (χ4n) is 3.82. The van der Waals surface area contributed by atoms with E-state index in [1.807, 2.05) is 6.92 Å². The minimum Gasteiger partial charge on any atom is -0.489 e. The summed E-state index contributed by atoms with van der Waals surface area (Å²) in [6.07, 6.45) is 3.70. The quantitative estimate of drug-likeness (QED) is 0.0831. The lowest BCUT2D eigenvalue weighted by Crippen LogP contribution is -2.25. The fourth-order valence-corrected chi connectivity index (χ4v) is 3.82. The van der Waals surface area contributed by atoms with Crippen molar-refractivity contribution in [3.63, 3.8) is 0 Å². The highest BCUT2D eigenvalue weighted by Crippen LogP contribution is 2.37. The highest BCUT2D eigenvalue weighted by atomic mass is 16.5. The van der Waals surface area contributed by atoms with Gasteiger partial charge in [0.25, 0.3) is 0 Å². The van der Waals surface area contributed by atoms with Crippen molar-refractivity contribution in [3.8, 4) is 23.0 Å². The van der Waals surface area contributed by atoms with Crippen LogP contribution in [0.5, 0.6) is 23.0 Å². The van der Waals surface area contributed by atoms with Crippen molar-refractivity contribution in [2.45, 2.75) is 19.3 Å². The summed E-state index contributed by atoms with van der Waals surface area (Å²) in [5.41, 5.74) is 1.35. The van der Waals surface area contributed by atoms with Crippen LogP contribution < -0.4 is 18.9 Å². The molecule has 0 aromatic heterocycles. The second-order valence-corrected chi connectivity index (χ2v) is 8.21. The maximum atomic E-state index is 14.0. The number of carbonyl (C=O) groups excluding carboxylic acids is 2. The third-order valence-electron chi connectivity index (χ3n) is 5.62. The molecule has 2 rings (SSSR count). The molecule has 0 aliphatic rings. The summed E-state index contributed by atoms with van der Waals surface area (Å²) in [6.45, 7) is 11.0. The van der Waals surface area contributed by atoms with Gasteiger partial charge in [-0.1, -0.05) is 32.2 Å². The van der Waals surface area contributed by atoms with Crippen molar-refractivity contribution < 1.29 is 42.7 Å². The summed E-state index contributed by atoms with van der Waals surface area (Å²) in [5.74, 6) is -0.792. The van der Waals surface area contributed by atoms with Crippen LogP contribution in [-0.2, 0) is 25.4 Å². The van der Waals surface area contributed by atoms with Gasteiger partial charge in [0.1, 0.15) is 43.8 Å². The van der Waals surface area contributed by atoms with E-state index in [1.165, 1.54) is 7.11 Å². The molecule has 0 fully saturated rings. The van der Waals surface area contributed by atoms with E-state index in [0.717, 1.165) is 0 Å². The summed E-state index contributed by atoms with van der Waals surface area (Å²) >= 11 is 0. The summed E-state index contributed by atoms with van der Waals surface area (Å²) < 4.78 is 38.4. The molecule has 0 aliphatic carbocycles. The van der Waals surface area contributed by atoms with E-state index >= 15 is 0 Å². The zero-order valence-corrected chi connectivity index (χ0v) is 23.2. The number of Topliss-reactive ketones (excluding diaryl/α,β-unsaturated/α-hetero) is 1. The molecule has 0 radical (unpaired) electrons. The molecule has 0 amide bonds. The minimum absolute atomic E-state index is 0.232. The topological polar surface area (TPSA) is 98.8 Å². The molecule has 0 aliphatic heterocycles. The number of methoxy groups -OCH3 is 3. The van der Waals surface area contributed by atoms with E-state index in [0.29, 0.717) is 60.4 Å². The summed E-state index contributed by atoms with van der Waals surface area (Å²) in [7, 11) is 4.38. The number of rotatable bonds is 19. The average Bonchev–Trinajstić information content (AvgIpc) is 2.95. The van der Waals surface area contributed by atoms with E-state index in [-0.39, 0.29) is 25.4 Å². The van der Waals surface area contributed by atoms with Crippen LogP contribution in [0.25, 0.3) is 0 Å². The Bertz CT molecular complexity index is 1110. The van der Waals surface area contributed by atoms with Crippen molar-refractivity contribution in [1.29, 1.82) is 0 Å². The molecule has 0 bridgehead atoms. The molecule has 0 N–H and O–H groups in total. The molecular formula is C30H38O9. The first-order valence-corrected chi connectivity index (χ1v) is 12.6. The van der Waals surface area contributed by atoms with Gasteiger partial charge in [0.15, 0.2) is 17.3 Å². The monoisotopic (exact) mass is 542 g/mol.